The van der Waals surface area contributed by atoms with Gasteiger partial charge in [0.05, 0.1) is 26.1 Å². The molecule has 2 unspecified atom stereocenters. The Kier molecular flexibility index (Phi) is 13.3. The van der Waals surface area contributed by atoms with Gasteiger partial charge in [0.2, 0.25) is 0 Å². The molecule has 0 radical (unpaired) electrons. The predicted octanol–water partition coefficient (Wildman–Crippen LogP) is -5.24. The third-order valence-electron chi connectivity index (χ3n) is 9.59. The van der Waals surface area contributed by atoms with E-state index in [1.165, 1.54) is 10.9 Å². The Labute approximate surface area is 347 Å². The summed E-state index contributed by atoms with van der Waals surface area (Å²) in [4.78, 5) is 104. The molecule has 32 nitrogen and oxygen atoms in total. The van der Waals surface area contributed by atoms with Gasteiger partial charge in [-0.1, -0.05) is 0 Å². The number of H-pyrrole nitrogens is 2. The Morgan fingerprint density at radius 2 is 1.11 bits per heavy atom. The summed E-state index contributed by atoms with van der Waals surface area (Å²) in [6.07, 6.45) is -18.6. The number of hydrogen-bond donors (Lipinski definition) is 11. The molecule has 3 aliphatic heterocycles. The molecule has 4 aromatic heterocycles. The molecule has 7 heterocycles. The van der Waals surface area contributed by atoms with E-state index >= 15 is 0 Å². The molecular weight excluding hydrogens is 923 g/mol. The van der Waals surface area contributed by atoms with E-state index in [0.29, 0.717) is 9.13 Å². The first kappa shape index (κ1) is 46.7. The Bertz CT molecular complexity index is 2710. The Balaban J connectivity index is 1.08. The van der Waals surface area contributed by atoms with Gasteiger partial charge in [0.1, 0.15) is 66.8 Å². The molecule has 0 saturated carbocycles. The molecule has 3 saturated heterocycles. The Morgan fingerprint density at radius 1 is 0.667 bits per heavy atom. The van der Waals surface area contributed by atoms with E-state index in [-0.39, 0.29) is 17.0 Å². The van der Waals surface area contributed by atoms with Crippen LogP contribution in [0.2, 0.25) is 0 Å². The average Bonchev–Trinajstić information content (AvgIpc) is 3.93. The number of phosphoric ester groups is 3. The van der Waals surface area contributed by atoms with E-state index in [1.54, 1.807) is 0 Å². The summed E-state index contributed by atoms with van der Waals surface area (Å²) in [5.74, 6) is -0.0233. The van der Waals surface area contributed by atoms with Crippen LogP contribution in [0.1, 0.15) is 18.7 Å². The summed E-state index contributed by atoms with van der Waals surface area (Å²) in [5.41, 5.74) is 1.95. The minimum absolute atomic E-state index is 0.0233. The highest BCUT2D eigenvalue weighted by atomic mass is 31.2. The summed E-state index contributed by atoms with van der Waals surface area (Å²) in [6.45, 7) is -3.28. The van der Waals surface area contributed by atoms with Crippen molar-refractivity contribution in [3.63, 3.8) is 0 Å². The van der Waals surface area contributed by atoms with Crippen molar-refractivity contribution in [2.45, 2.75) is 73.6 Å². The van der Waals surface area contributed by atoms with Gasteiger partial charge in [-0.2, -0.15) is 0 Å². The van der Waals surface area contributed by atoms with Crippen LogP contribution >= 0.6 is 23.5 Å². The number of hydrogen-bond acceptors (Lipinski definition) is 23. The number of aromatic nitrogens is 8. The fourth-order valence-electron chi connectivity index (χ4n) is 6.83. The number of ether oxygens (including phenoxy) is 3. The van der Waals surface area contributed by atoms with Gasteiger partial charge in [-0.3, -0.25) is 55.9 Å². The summed E-state index contributed by atoms with van der Waals surface area (Å²) in [6, 6.07) is 1.68. The fraction of sp³-hybridized carbons (Fsp3) is 0.536. The van der Waals surface area contributed by atoms with Crippen LogP contribution in [0.25, 0.3) is 11.2 Å². The van der Waals surface area contributed by atoms with Crippen LogP contribution in [0.3, 0.4) is 0 Å². The SMILES string of the molecule is Nc1ncnc2c1ncn2[C@@H]1O[C@H](CO)[C@@H](OP(=O)(O)OC[C@H]2O[C@@H](n3ccc(=O)[nH]c3=O)[C@H](O)[C@@H]2OP(=O)(O)OC[C@H]2O[C@@H](n3ccc(=O)[nH]c3=O)[C@H](O)[C@@H]2OP(=O)(O)O)[C@H]1O. The second kappa shape index (κ2) is 18.0. The molecule has 7 rings (SSSR count). The number of imidazole rings is 1. The zero-order valence-electron chi connectivity index (χ0n) is 31.3. The molecule has 3 aliphatic rings. The smallest absolute Gasteiger partial charge is 0.394 e. The van der Waals surface area contributed by atoms with Crippen LogP contribution in [0.4, 0.5) is 5.82 Å². The van der Waals surface area contributed by atoms with Gasteiger partial charge in [0, 0.05) is 24.5 Å². The van der Waals surface area contributed by atoms with Crippen molar-refractivity contribution in [2.24, 2.45) is 0 Å². The maximum atomic E-state index is 13.4. The Morgan fingerprint density at radius 3 is 1.57 bits per heavy atom. The average molecular weight is 960 g/mol. The van der Waals surface area contributed by atoms with Crippen molar-refractivity contribution in [3.8, 4) is 0 Å². The van der Waals surface area contributed by atoms with Gasteiger partial charge in [-0.05, 0) is 0 Å². The summed E-state index contributed by atoms with van der Waals surface area (Å²) in [7, 11) is -16.5. The molecule has 0 aromatic carbocycles. The number of nitrogen functional groups attached to an aromatic ring is 1. The number of rotatable bonds is 16. The fourth-order valence-corrected chi connectivity index (χ4v) is 9.33. The van der Waals surface area contributed by atoms with Crippen molar-refractivity contribution in [1.82, 2.24) is 38.6 Å². The zero-order valence-corrected chi connectivity index (χ0v) is 34.0. The molecule has 346 valence electrons. The van der Waals surface area contributed by atoms with Crippen LogP contribution in [-0.4, -0.2) is 153 Å². The van der Waals surface area contributed by atoms with E-state index in [0.717, 1.165) is 30.9 Å². The van der Waals surface area contributed by atoms with Crippen molar-refractivity contribution >= 4 is 40.4 Å². The highest BCUT2D eigenvalue weighted by molar-refractivity contribution is 7.47. The molecule has 63 heavy (non-hydrogen) atoms. The Hall–Kier alpha value is -4.24. The monoisotopic (exact) mass is 959 g/mol. The van der Waals surface area contributed by atoms with Gasteiger partial charge in [-0.25, -0.2) is 38.2 Å². The van der Waals surface area contributed by atoms with Crippen molar-refractivity contribution in [1.29, 1.82) is 0 Å². The number of nitrogens with two attached hydrogens (primary N) is 1. The lowest BCUT2D eigenvalue weighted by Gasteiger charge is -2.26. The maximum Gasteiger partial charge on any atom is 0.472 e. The molecule has 0 amide bonds. The second-order valence-corrected chi connectivity index (χ2v) is 17.7. The number of nitrogens with one attached hydrogen (secondary N) is 2. The van der Waals surface area contributed by atoms with Crippen molar-refractivity contribution in [2.75, 3.05) is 25.6 Å². The minimum Gasteiger partial charge on any atom is -0.394 e. The summed E-state index contributed by atoms with van der Waals surface area (Å²) >= 11 is 0. The lowest BCUT2D eigenvalue weighted by Crippen LogP contribution is -2.39. The number of aliphatic hydroxyl groups excluding tert-OH is 4. The molecule has 14 atom stereocenters. The molecule has 0 bridgehead atoms. The van der Waals surface area contributed by atoms with Gasteiger partial charge in [-0.15, -0.1) is 0 Å². The third-order valence-corrected chi connectivity index (χ3v) is 12.1. The molecule has 0 aliphatic carbocycles. The van der Waals surface area contributed by atoms with E-state index < -0.39 is 139 Å². The summed E-state index contributed by atoms with van der Waals surface area (Å²) < 4.78 is 82.6. The highest BCUT2D eigenvalue weighted by Crippen LogP contribution is 2.52. The molecule has 3 fully saturated rings. The van der Waals surface area contributed by atoms with Gasteiger partial charge in [0.25, 0.3) is 11.1 Å². The number of aliphatic hydroxyl groups is 4. The first-order chi connectivity index (χ1) is 29.6. The number of anilines is 1. The van der Waals surface area contributed by atoms with Crippen LogP contribution in [0.5, 0.6) is 0 Å². The van der Waals surface area contributed by atoms with E-state index in [4.69, 9.17) is 38.0 Å². The van der Waals surface area contributed by atoms with E-state index in [1.807, 2.05) is 9.97 Å². The molecule has 0 spiro atoms. The van der Waals surface area contributed by atoms with Gasteiger partial charge < -0.3 is 59.9 Å². The second-order valence-electron chi connectivity index (χ2n) is 13.7. The van der Waals surface area contributed by atoms with Crippen LogP contribution in [0.15, 0.2) is 56.4 Å². The minimum atomic E-state index is -5.61. The van der Waals surface area contributed by atoms with Crippen molar-refractivity contribution in [3.05, 3.63) is 78.9 Å². The standard InChI is InChI=1S/C28H36N9O23P3/c29-22-15-23(31-8-30-22)37(9-32-15)26-16(41)19(10(5-38)55-26)59-62(49,50)54-7-12-21(18(43)25(57-12)36-4-2-14(40)34-28(36)45)60-63(51,52)53-6-11-20(58-61(46,47)48)17(42)24(56-11)35-3-1-13(39)33-27(35)44/h1-4,8-12,16-21,24-26,38,41-43H,5-7H2,(H,49,50)(H,51,52)(H2,29,30,31)(H,33,39,44)(H,34,40,45)(H2,46,47,48)/t10-,11-,12-,16-,17-,18-,19-,20-,21-,24-,25-,26-/m1/s1. The largest absolute Gasteiger partial charge is 0.472 e. The normalized spacial score (nSPS) is 31.9. The van der Waals surface area contributed by atoms with E-state index in [2.05, 4.69) is 19.5 Å². The van der Waals surface area contributed by atoms with E-state index in [9.17, 15) is 72.9 Å². The first-order valence-electron chi connectivity index (χ1n) is 17.8. The predicted molar refractivity (Wildman–Crippen MR) is 197 cm³/mol. The van der Waals surface area contributed by atoms with Crippen LogP contribution in [0, 0.1) is 0 Å². The lowest BCUT2D eigenvalue weighted by atomic mass is 10.1. The number of aromatic amines is 2. The number of phosphoric acid groups is 3. The van der Waals surface area contributed by atoms with Crippen molar-refractivity contribution < 1.29 is 90.5 Å². The van der Waals surface area contributed by atoms with Gasteiger partial charge in [0.15, 0.2) is 30.1 Å². The lowest BCUT2D eigenvalue weighted by molar-refractivity contribution is -0.0641. The molecule has 4 aromatic rings. The molecule has 12 N–H and O–H groups in total. The number of fused-ring (bicyclic) bond motifs is 1. The third kappa shape index (κ3) is 10.0. The number of nitrogens with zero attached hydrogens (tertiary/aromatic N) is 6. The maximum absolute atomic E-state index is 13.4. The molecule has 35 heteroatoms. The van der Waals surface area contributed by atoms with Crippen LogP contribution in [-0.2, 0) is 50.5 Å². The quantitative estimate of drug-likeness (QED) is 0.0467. The molecular formula is C28H36N9O23P3. The highest BCUT2D eigenvalue weighted by Gasteiger charge is 2.54. The topological polar surface area (TPSA) is 466 Å². The van der Waals surface area contributed by atoms with Crippen LogP contribution < -0.4 is 28.2 Å². The zero-order chi connectivity index (χ0) is 45.8. The van der Waals surface area contributed by atoms with Gasteiger partial charge >= 0.3 is 34.8 Å². The first-order valence-corrected chi connectivity index (χ1v) is 22.3. The summed E-state index contributed by atoms with van der Waals surface area (Å²) in [5, 5.41) is 43.2.